The fourth-order valence-electron chi connectivity index (χ4n) is 2.61. The Kier molecular flexibility index (Phi) is 3.53. The van der Waals surface area contributed by atoms with Crippen LogP contribution in [-0.4, -0.2) is 31.4 Å². The molecule has 0 unspecified atom stereocenters. The highest BCUT2D eigenvalue weighted by Gasteiger charge is 2.68. The minimum Gasteiger partial charge on any atom is -0.334 e. The van der Waals surface area contributed by atoms with Gasteiger partial charge in [0.1, 0.15) is 16.4 Å². The molecule has 2 aromatic rings. The number of nitrogens with zero attached hydrogens (tertiary/aromatic N) is 4. The van der Waals surface area contributed by atoms with E-state index in [1.165, 1.54) is 6.92 Å². The van der Waals surface area contributed by atoms with Gasteiger partial charge >= 0.3 is 11.9 Å². The molecule has 0 spiro atoms. The topological polar surface area (TPSA) is 111 Å². The Labute approximate surface area is 141 Å². The molecular formula is C12H11F3N6O3S. The quantitative estimate of drug-likeness (QED) is 0.767. The molecule has 134 valence electrons. The Bertz CT molecular complexity index is 1010. The molecule has 0 saturated carbocycles. The molecular weight excluding hydrogens is 365 g/mol. The first kappa shape index (κ1) is 17.1. The molecule has 0 aromatic carbocycles. The molecule has 1 aliphatic heterocycles. The smallest absolute Gasteiger partial charge is 0.334 e. The number of alkyl halides is 3. The van der Waals surface area contributed by atoms with E-state index in [2.05, 4.69) is 10.2 Å². The third kappa shape index (κ3) is 2.18. The minimum atomic E-state index is -5.19. The first-order chi connectivity index (χ1) is 11.5. The van der Waals surface area contributed by atoms with Gasteiger partial charge in [-0.25, -0.2) is 4.79 Å². The maximum Gasteiger partial charge on any atom is 0.425 e. The van der Waals surface area contributed by atoms with Crippen molar-refractivity contribution >= 4 is 28.2 Å². The molecule has 2 aromatic heterocycles. The second-order valence-corrected chi connectivity index (χ2v) is 6.56. The Morgan fingerprint density at radius 3 is 2.32 bits per heavy atom. The van der Waals surface area contributed by atoms with Gasteiger partial charge in [-0.1, -0.05) is 11.3 Å². The van der Waals surface area contributed by atoms with Crippen molar-refractivity contribution in [3.05, 3.63) is 31.4 Å². The van der Waals surface area contributed by atoms with E-state index in [0.29, 0.717) is 9.57 Å². The molecule has 1 atom stereocenters. The first-order valence-electron chi connectivity index (χ1n) is 6.77. The van der Waals surface area contributed by atoms with Crippen molar-refractivity contribution in [1.29, 1.82) is 0 Å². The summed E-state index contributed by atoms with van der Waals surface area (Å²) in [5, 5.41) is 11.2. The maximum atomic E-state index is 14.0. The van der Waals surface area contributed by atoms with Crippen molar-refractivity contribution in [2.75, 3.05) is 10.6 Å². The van der Waals surface area contributed by atoms with Crippen LogP contribution in [0.25, 0.3) is 0 Å². The molecule has 0 bridgehead atoms. The van der Waals surface area contributed by atoms with Gasteiger partial charge in [0.25, 0.3) is 11.5 Å². The number of halogens is 3. The molecule has 9 nitrogen and oxygen atoms in total. The molecule has 3 heterocycles. The van der Waals surface area contributed by atoms with E-state index < -0.39 is 40.3 Å². The molecule has 0 aliphatic carbocycles. The SMILES string of the molecule is Cc1nnc(N[C@@]2(C(F)(F)F)C(=O)Nc3c2c(=O)n(C)c(=O)n3C)s1. The van der Waals surface area contributed by atoms with Gasteiger partial charge in [-0.15, -0.1) is 10.2 Å². The van der Waals surface area contributed by atoms with Gasteiger partial charge in [0.05, 0.1) is 0 Å². The van der Waals surface area contributed by atoms with Crippen LogP contribution in [0.4, 0.5) is 24.1 Å². The zero-order valence-electron chi connectivity index (χ0n) is 13.1. The van der Waals surface area contributed by atoms with Crippen LogP contribution in [0, 0.1) is 6.92 Å². The van der Waals surface area contributed by atoms with Gasteiger partial charge < -0.3 is 10.6 Å². The minimum absolute atomic E-state index is 0.284. The zero-order chi connectivity index (χ0) is 18.7. The predicted molar refractivity (Wildman–Crippen MR) is 81.6 cm³/mol. The summed E-state index contributed by atoms with van der Waals surface area (Å²) in [6.07, 6.45) is -5.19. The molecule has 1 aliphatic rings. The molecule has 0 fully saturated rings. The molecule has 0 radical (unpaired) electrons. The number of hydrogen-bond acceptors (Lipinski definition) is 7. The highest BCUT2D eigenvalue weighted by Crippen LogP contribution is 2.47. The highest BCUT2D eigenvalue weighted by atomic mass is 32.1. The van der Waals surface area contributed by atoms with Gasteiger partial charge in [-0.05, 0) is 6.92 Å². The number of fused-ring (bicyclic) bond motifs is 1. The van der Waals surface area contributed by atoms with Gasteiger partial charge in [-0.3, -0.25) is 18.7 Å². The largest absolute Gasteiger partial charge is 0.425 e. The summed E-state index contributed by atoms with van der Waals surface area (Å²) in [6, 6.07) is 0. The number of aromatic nitrogens is 4. The predicted octanol–water partition coefficient (Wildman–Crippen LogP) is 0.0657. The van der Waals surface area contributed by atoms with Crippen molar-refractivity contribution in [2.24, 2.45) is 14.1 Å². The standard InChI is InChI=1S/C12H11F3N6O3S/c1-4-18-19-9(25-4)17-11(12(13,14)15)5-6(16-8(11)23)20(2)10(24)21(3)7(5)22/h1-3H3,(H,16,23)(H,17,19)/t11-/m1/s1. The van der Waals surface area contributed by atoms with Gasteiger partial charge in [0.2, 0.25) is 10.7 Å². The van der Waals surface area contributed by atoms with E-state index in [-0.39, 0.29) is 5.13 Å². The average Bonchev–Trinajstić information content (AvgIpc) is 3.05. The number of carbonyl (C=O) groups is 1. The van der Waals surface area contributed by atoms with Gasteiger partial charge in [0.15, 0.2) is 0 Å². The lowest BCUT2D eigenvalue weighted by Gasteiger charge is -2.29. The molecule has 1 amide bonds. The Morgan fingerprint density at radius 2 is 1.80 bits per heavy atom. The Balaban J connectivity index is 2.38. The Morgan fingerprint density at radius 1 is 1.16 bits per heavy atom. The Hall–Kier alpha value is -2.70. The lowest BCUT2D eigenvalue weighted by atomic mass is 9.92. The number of hydrogen-bond donors (Lipinski definition) is 2. The third-order valence-electron chi connectivity index (χ3n) is 3.86. The van der Waals surface area contributed by atoms with Crippen LogP contribution < -0.4 is 21.9 Å². The van der Waals surface area contributed by atoms with E-state index in [1.54, 1.807) is 0 Å². The van der Waals surface area contributed by atoms with Crippen molar-refractivity contribution in [3.8, 4) is 0 Å². The van der Waals surface area contributed by atoms with E-state index in [1.807, 2.05) is 10.6 Å². The lowest BCUT2D eigenvalue weighted by molar-refractivity contribution is -0.184. The van der Waals surface area contributed by atoms with Crippen LogP contribution in [-0.2, 0) is 24.4 Å². The van der Waals surface area contributed by atoms with Crippen LogP contribution in [0.3, 0.4) is 0 Å². The summed E-state index contributed by atoms with van der Waals surface area (Å²) in [4.78, 5) is 36.7. The summed E-state index contributed by atoms with van der Waals surface area (Å²) in [6.45, 7) is 1.52. The summed E-state index contributed by atoms with van der Waals surface area (Å²) < 4.78 is 43.2. The number of amides is 1. The molecule has 13 heteroatoms. The maximum absolute atomic E-state index is 14.0. The second-order valence-electron chi connectivity index (χ2n) is 5.38. The average molecular weight is 376 g/mol. The number of carbonyl (C=O) groups excluding carboxylic acids is 1. The summed E-state index contributed by atoms with van der Waals surface area (Å²) in [5.74, 6) is -2.04. The lowest BCUT2D eigenvalue weighted by Crippen LogP contribution is -2.57. The molecule has 0 saturated heterocycles. The summed E-state index contributed by atoms with van der Waals surface area (Å²) in [7, 11) is 2.19. The van der Waals surface area contributed by atoms with Crippen LogP contribution in [0.1, 0.15) is 10.6 Å². The van der Waals surface area contributed by atoms with Crippen molar-refractivity contribution in [1.82, 2.24) is 19.3 Å². The van der Waals surface area contributed by atoms with E-state index in [9.17, 15) is 27.6 Å². The van der Waals surface area contributed by atoms with E-state index in [0.717, 1.165) is 30.0 Å². The normalized spacial score (nSPS) is 19.7. The summed E-state index contributed by atoms with van der Waals surface area (Å²) >= 11 is 0.793. The van der Waals surface area contributed by atoms with Gasteiger partial charge in [0, 0.05) is 14.1 Å². The molecule has 2 N–H and O–H groups in total. The second kappa shape index (κ2) is 5.15. The van der Waals surface area contributed by atoms with Gasteiger partial charge in [-0.2, -0.15) is 13.2 Å². The molecule has 3 rings (SSSR count). The van der Waals surface area contributed by atoms with E-state index >= 15 is 0 Å². The van der Waals surface area contributed by atoms with Crippen molar-refractivity contribution < 1.29 is 18.0 Å². The number of rotatable bonds is 2. The number of aryl methyl sites for hydroxylation is 1. The number of nitrogens with one attached hydrogen (secondary N) is 2. The molecule has 25 heavy (non-hydrogen) atoms. The van der Waals surface area contributed by atoms with Crippen molar-refractivity contribution in [3.63, 3.8) is 0 Å². The monoisotopic (exact) mass is 376 g/mol. The highest BCUT2D eigenvalue weighted by molar-refractivity contribution is 7.15. The summed E-state index contributed by atoms with van der Waals surface area (Å²) in [5.41, 5.74) is -6.40. The fourth-order valence-corrected chi connectivity index (χ4v) is 3.26. The van der Waals surface area contributed by atoms with Crippen LogP contribution >= 0.6 is 11.3 Å². The number of anilines is 2. The fraction of sp³-hybridized carbons (Fsp3) is 0.417. The van der Waals surface area contributed by atoms with E-state index in [4.69, 9.17) is 0 Å². The van der Waals surface area contributed by atoms with Crippen LogP contribution in [0.2, 0.25) is 0 Å². The van der Waals surface area contributed by atoms with Crippen LogP contribution in [0.15, 0.2) is 9.59 Å². The first-order valence-corrected chi connectivity index (χ1v) is 7.59. The van der Waals surface area contributed by atoms with Crippen LogP contribution in [0.5, 0.6) is 0 Å². The van der Waals surface area contributed by atoms with Crippen molar-refractivity contribution in [2.45, 2.75) is 18.6 Å². The third-order valence-corrected chi connectivity index (χ3v) is 4.61. The zero-order valence-corrected chi connectivity index (χ0v) is 13.9.